The van der Waals surface area contributed by atoms with E-state index in [0.29, 0.717) is 10.2 Å². The van der Waals surface area contributed by atoms with Crippen molar-refractivity contribution in [2.75, 3.05) is 30.0 Å². The van der Waals surface area contributed by atoms with Gasteiger partial charge in [-0.05, 0) is 71.7 Å². The van der Waals surface area contributed by atoms with Gasteiger partial charge in [0.15, 0.2) is 11.5 Å². The van der Waals surface area contributed by atoms with Gasteiger partial charge in [0.25, 0.3) is 0 Å². The second-order valence-corrected chi connectivity index (χ2v) is 8.34. The first-order valence-corrected chi connectivity index (χ1v) is 10.5. The number of ether oxygens (including phenoxy) is 1. The molecule has 5 heteroatoms. The Labute approximate surface area is 180 Å². The van der Waals surface area contributed by atoms with Gasteiger partial charge in [-0.25, -0.2) is 0 Å². The third-order valence-corrected chi connectivity index (χ3v) is 6.08. The standard InChI is InChI=1S/C24H25BrN2O2/c1-16-4-8-19(9-5-16)26-12-13-27(20-10-6-17(2)7-11-20)24(26)18-14-21(25)23(28)22(15-18)29-3/h4-11,14-15,24,28H,12-13H2,1-3H3. The van der Waals surface area contributed by atoms with Crippen molar-refractivity contribution in [1.29, 1.82) is 0 Å². The summed E-state index contributed by atoms with van der Waals surface area (Å²) in [5.74, 6) is 0.590. The van der Waals surface area contributed by atoms with Crippen LogP contribution in [-0.4, -0.2) is 25.3 Å². The first kappa shape index (κ1) is 19.6. The second kappa shape index (κ2) is 7.99. The summed E-state index contributed by atoms with van der Waals surface area (Å²) < 4.78 is 6.05. The minimum absolute atomic E-state index is 0.00814. The van der Waals surface area contributed by atoms with E-state index in [1.54, 1.807) is 7.11 Å². The average Bonchev–Trinajstić information content (AvgIpc) is 3.16. The normalized spacial score (nSPS) is 14.5. The van der Waals surface area contributed by atoms with Gasteiger partial charge in [-0.2, -0.15) is 0 Å². The Hall–Kier alpha value is -2.66. The summed E-state index contributed by atoms with van der Waals surface area (Å²) >= 11 is 3.49. The molecule has 0 radical (unpaired) electrons. The van der Waals surface area contributed by atoms with Crippen LogP contribution >= 0.6 is 15.9 Å². The van der Waals surface area contributed by atoms with E-state index >= 15 is 0 Å². The number of anilines is 2. The van der Waals surface area contributed by atoms with Crippen LogP contribution in [0.15, 0.2) is 65.1 Å². The summed E-state index contributed by atoms with van der Waals surface area (Å²) in [4.78, 5) is 4.80. The van der Waals surface area contributed by atoms with Crippen LogP contribution in [0.4, 0.5) is 11.4 Å². The Bertz CT molecular complexity index is 949. The highest BCUT2D eigenvalue weighted by molar-refractivity contribution is 9.10. The fraction of sp³-hybridized carbons (Fsp3) is 0.250. The summed E-state index contributed by atoms with van der Waals surface area (Å²) in [5.41, 5.74) is 5.91. The zero-order chi connectivity index (χ0) is 20.5. The molecule has 3 aromatic carbocycles. The van der Waals surface area contributed by atoms with E-state index in [1.165, 1.54) is 22.5 Å². The number of halogens is 1. The molecule has 1 N–H and O–H groups in total. The zero-order valence-electron chi connectivity index (χ0n) is 16.9. The molecule has 0 aromatic heterocycles. The SMILES string of the molecule is COc1cc(C2N(c3ccc(C)cc3)CCN2c2ccc(C)cc2)cc(Br)c1O. The summed E-state index contributed by atoms with van der Waals surface area (Å²) in [6, 6.07) is 21.2. The van der Waals surface area contributed by atoms with Gasteiger partial charge in [0.1, 0.15) is 6.17 Å². The molecule has 0 unspecified atom stereocenters. The molecule has 0 saturated carbocycles. The van der Waals surface area contributed by atoms with E-state index < -0.39 is 0 Å². The van der Waals surface area contributed by atoms with Crippen LogP contribution in [0.5, 0.6) is 11.5 Å². The van der Waals surface area contributed by atoms with Crippen molar-refractivity contribution in [3.8, 4) is 11.5 Å². The maximum absolute atomic E-state index is 10.3. The first-order chi connectivity index (χ1) is 14.0. The van der Waals surface area contributed by atoms with Gasteiger partial charge >= 0.3 is 0 Å². The van der Waals surface area contributed by atoms with E-state index in [2.05, 4.69) is 88.1 Å². The molecular weight excluding hydrogens is 428 g/mol. The van der Waals surface area contributed by atoms with Crippen LogP contribution in [0.1, 0.15) is 22.9 Å². The van der Waals surface area contributed by atoms with Crippen LogP contribution < -0.4 is 14.5 Å². The highest BCUT2D eigenvalue weighted by Gasteiger charge is 2.34. The maximum atomic E-state index is 10.3. The lowest BCUT2D eigenvalue weighted by Gasteiger charge is -2.33. The van der Waals surface area contributed by atoms with Crippen molar-refractivity contribution in [3.63, 3.8) is 0 Å². The summed E-state index contributed by atoms with van der Waals surface area (Å²) in [7, 11) is 1.58. The van der Waals surface area contributed by atoms with Gasteiger partial charge in [0.2, 0.25) is 0 Å². The third kappa shape index (κ3) is 3.79. The Balaban J connectivity index is 1.82. The molecule has 1 aliphatic rings. The van der Waals surface area contributed by atoms with E-state index in [4.69, 9.17) is 4.74 Å². The number of rotatable bonds is 4. The van der Waals surface area contributed by atoms with Gasteiger partial charge in [-0.3, -0.25) is 0 Å². The van der Waals surface area contributed by atoms with Gasteiger partial charge < -0.3 is 19.6 Å². The topological polar surface area (TPSA) is 35.9 Å². The smallest absolute Gasteiger partial charge is 0.172 e. The van der Waals surface area contributed by atoms with Crippen molar-refractivity contribution in [2.45, 2.75) is 20.0 Å². The molecule has 1 aliphatic heterocycles. The molecule has 0 aliphatic carbocycles. The molecule has 0 bridgehead atoms. The molecular formula is C24H25BrN2O2. The van der Waals surface area contributed by atoms with Crippen LogP contribution in [-0.2, 0) is 0 Å². The number of hydrogen-bond donors (Lipinski definition) is 1. The third-order valence-electron chi connectivity index (χ3n) is 5.47. The Kier molecular flexibility index (Phi) is 5.41. The molecule has 3 aromatic rings. The lowest BCUT2D eigenvalue weighted by atomic mass is 10.1. The molecule has 29 heavy (non-hydrogen) atoms. The van der Waals surface area contributed by atoms with Crippen molar-refractivity contribution in [3.05, 3.63) is 81.8 Å². The monoisotopic (exact) mass is 452 g/mol. The van der Waals surface area contributed by atoms with Crippen molar-refractivity contribution in [2.24, 2.45) is 0 Å². The molecule has 150 valence electrons. The van der Waals surface area contributed by atoms with Crippen LogP contribution in [0.25, 0.3) is 0 Å². The highest BCUT2D eigenvalue weighted by Crippen LogP contribution is 2.43. The number of hydrogen-bond acceptors (Lipinski definition) is 4. The predicted molar refractivity (Wildman–Crippen MR) is 122 cm³/mol. The predicted octanol–water partition coefficient (Wildman–Crippen LogP) is 5.81. The lowest BCUT2D eigenvalue weighted by molar-refractivity contribution is 0.371. The average molecular weight is 453 g/mol. The lowest BCUT2D eigenvalue weighted by Crippen LogP contribution is -2.31. The van der Waals surface area contributed by atoms with Crippen LogP contribution in [0.2, 0.25) is 0 Å². The highest BCUT2D eigenvalue weighted by atomic mass is 79.9. The van der Waals surface area contributed by atoms with Crippen LogP contribution in [0.3, 0.4) is 0 Å². The molecule has 0 atom stereocenters. The number of phenols is 1. The van der Waals surface area contributed by atoms with Gasteiger partial charge in [0, 0.05) is 24.5 Å². The minimum Gasteiger partial charge on any atom is -0.503 e. The molecule has 4 rings (SSSR count). The fourth-order valence-electron chi connectivity index (χ4n) is 3.90. The minimum atomic E-state index is -0.00814. The quantitative estimate of drug-likeness (QED) is 0.541. The number of nitrogens with zero attached hydrogens (tertiary/aromatic N) is 2. The zero-order valence-corrected chi connectivity index (χ0v) is 18.5. The van der Waals surface area contributed by atoms with Crippen LogP contribution in [0, 0.1) is 13.8 Å². The van der Waals surface area contributed by atoms with E-state index in [0.717, 1.165) is 18.7 Å². The Morgan fingerprint density at radius 3 is 1.79 bits per heavy atom. The molecule has 1 saturated heterocycles. The molecule has 1 fully saturated rings. The molecule has 1 heterocycles. The molecule has 0 spiro atoms. The number of methoxy groups -OCH3 is 1. The summed E-state index contributed by atoms with van der Waals surface area (Å²) in [5, 5.41) is 10.3. The summed E-state index contributed by atoms with van der Waals surface area (Å²) in [6.07, 6.45) is -0.00814. The fourth-order valence-corrected chi connectivity index (χ4v) is 4.36. The first-order valence-electron chi connectivity index (χ1n) is 9.71. The number of phenolic OH excluding ortho intramolecular Hbond substituents is 1. The maximum Gasteiger partial charge on any atom is 0.172 e. The van der Waals surface area contributed by atoms with E-state index in [-0.39, 0.29) is 11.9 Å². The molecule has 0 amide bonds. The number of benzene rings is 3. The Morgan fingerprint density at radius 2 is 1.34 bits per heavy atom. The Morgan fingerprint density at radius 1 is 0.862 bits per heavy atom. The molecule has 4 nitrogen and oxygen atoms in total. The second-order valence-electron chi connectivity index (χ2n) is 7.49. The van der Waals surface area contributed by atoms with Crippen molar-refractivity contribution >= 4 is 27.3 Å². The van der Waals surface area contributed by atoms with Crippen molar-refractivity contribution < 1.29 is 9.84 Å². The van der Waals surface area contributed by atoms with Gasteiger partial charge in [-0.1, -0.05) is 35.4 Å². The van der Waals surface area contributed by atoms with Gasteiger partial charge in [0.05, 0.1) is 11.6 Å². The van der Waals surface area contributed by atoms with E-state index in [9.17, 15) is 5.11 Å². The van der Waals surface area contributed by atoms with Crippen molar-refractivity contribution in [1.82, 2.24) is 0 Å². The van der Waals surface area contributed by atoms with E-state index in [1.807, 2.05) is 12.1 Å². The number of aryl methyl sites for hydroxylation is 2. The van der Waals surface area contributed by atoms with Gasteiger partial charge in [-0.15, -0.1) is 0 Å². The summed E-state index contributed by atoms with van der Waals surface area (Å²) in [6.45, 7) is 6.02. The number of aromatic hydroxyl groups is 1. The largest absolute Gasteiger partial charge is 0.503 e.